The van der Waals surface area contributed by atoms with Gasteiger partial charge in [0.1, 0.15) is 0 Å². The average molecular weight is 188 g/mol. The zero-order valence-corrected chi connectivity index (χ0v) is 8.75. The van der Waals surface area contributed by atoms with Gasteiger partial charge in [-0.25, -0.2) is 0 Å². The molecule has 1 N–H and O–H groups in total. The van der Waals surface area contributed by atoms with Crippen LogP contribution in [0.1, 0.15) is 5.56 Å². The third-order valence-electron chi connectivity index (χ3n) is 2.66. The van der Waals surface area contributed by atoms with Crippen LogP contribution in [0.2, 0.25) is 0 Å². The van der Waals surface area contributed by atoms with Gasteiger partial charge in [-0.3, -0.25) is 0 Å². The van der Waals surface area contributed by atoms with Crippen molar-refractivity contribution in [2.45, 2.75) is 6.42 Å². The number of aryl methyl sites for hydroxylation is 1. The zero-order valence-electron chi connectivity index (χ0n) is 8.75. The first kappa shape index (κ1) is 9.28. The molecule has 14 heavy (non-hydrogen) atoms. The van der Waals surface area contributed by atoms with E-state index in [0.717, 1.165) is 13.0 Å². The highest BCUT2D eigenvalue weighted by molar-refractivity contribution is 5.83. The van der Waals surface area contributed by atoms with Gasteiger partial charge in [0.2, 0.25) is 0 Å². The molecular weight excluding hydrogens is 172 g/mol. The fraction of sp³-hybridized carbons (Fsp3) is 0.333. The summed E-state index contributed by atoms with van der Waals surface area (Å²) in [5.74, 6) is 0. The summed E-state index contributed by atoms with van der Waals surface area (Å²) in [6.07, 6.45) is 3.21. The molecule has 0 bridgehead atoms. The number of nitrogens with one attached hydrogen (secondary N) is 1. The van der Waals surface area contributed by atoms with Crippen molar-refractivity contribution in [3.63, 3.8) is 0 Å². The number of benzene rings is 1. The predicted octanol–water partition coefficient (Wildman–Crippen LogP) is 1.94. The average Bonchev–Trinajstić information content (AvgIpc) is 2.58. The van der Waals surface area contributed by atoms with Crippen LogP contribution in [0.25, 0.3) is 10.9 Å². The molecule has 0 radical (unpaired) electrons. The molecule has 0 aliphatic heterocycles. The highest BCUT2D eigenvalue weighted by Gasteiger charge is 2.02. The SMILES string of the molecule is CNCCc1cccc2c1ccn2C. The molecule has 2 nitrogen and oxygen atoms in total. The Morgan fingerprint density at radius 1 is 1.29 bits per heavy atom. The number of hydrogen-bond acceptors (Lipinski definition) is 1. The summed E-state index contributed by atoms with van der Waals surface area (Å²) in [5, 5.41) is 4.56. The standard InChI is InChI=1S/C12H16N2/c1-13-8-6-10-4-3-5-12-11(10)7-9-14(12)2/h3-5,7,9,13H,6,8H2,1-2H3. The predicted molar refractivity (Wildman–Crippen MR) is 60.5 cm³/mol. The lowest BCUT2D eigenvalue weighted by molar-refractivity contribution is 0.795. The number of hydrogen-bond donors (Lipinski definition) is 1. The Hall–Kier alpha value is -1.28. The highest BCUT2D eigenvalue weighted by atomic mass is 14.9. The quantitative estimate of drug-likeness (QED) is 0.779. The molecule has 1 aromatic heterocycles. The summed E-state index contributed by atoms with van der Waals surface area (Å²) in [4.78, 5) is 0. The molecule has 1 heterocycles. The minimum atomic E-state index is 1.04. The van der Waals surface area contributed by atoms with E-state index in [1.165, 1.54) is 16.5 Å². The van der Waals surface area contributed by atoms with E-state index in [2.05, 4.69) is 47.4 Å². The van der Waals surface area contributed by atoms with E-state index < -0.39 is 0 Å². The molecule has 2 heteroatoms. The lowest BCUT2D eigenvalue weighted by Gasteiger charge is -2.03. The Morgan fingerprint density at radius 3 is 2.93 bits per heavy atom. The molecule has 0 amide bonds. The Balaban J connectivity index is 2.44. The van der Waals surface area contributed by atoms with Crippen LogP contribution in [0, 0.1) is 0 Å². The first-order valence-corrected chi connectivity index (χ1v) is 5.00. The van der Waals surface area contributed by atoms with Crippen LogP contribution in [0.5, 0.6) is 0 Å². The second-order valence-electron chi connectivity index (χ2n) is 3.63. The van der Waals surface area contributed by atoms with E-state index in [1.807, 2.05) is 7.05 Å². The van der Waals surface area contributed by atoms with Crippen molar-refractivity contribution >= 4 is 10.9 Å². The maximum atomic E-state index is 3.18. The molecule has 0 spiro atoms. The van der Waals surface area contributed by atoms with Crippen molar-refractivity contribution in [2.24, 2.45) is 7.05 Å². The molecule has 0 saturated carbocycles. The van der Waals surface area contributed by atoms with Crippen molar-refractivity contribution in [1.82, 2.24) is 9.88 Å². The van der Waals surface area contributed by atoms with Gasteiger partial charge < -0.3 is 9.88 Å². The summed E-state index contributed by atoms with van der Waals surface area (Å²) in [6, 6.07) is 8.70. The molecule has 2 aromatic rings. The van der Waals surface area contributed by atoms with Crippen molar-refractivity contribution in [2.75, 3.05) is 13.6 Å². The lowest BCUT2D eigenvalue weighted by Crippen LogP contribution is -2.10. The van der Waals surface area contributed by atoms with Crippen molar-refractivity contribution < 1.29 is 0 Å². The van der Waals surface area contributed by atoms with Crippen LogP contribution in [0.4, 0.5) is 0 Å². The van der Waals surface area contributed by atoms with Crippen LogP contribution < -0.4 is 5.32 Å². The van der Waals surface area contributed by atoms with Crippen molar-refractivity contribution in [1.29, 1.82) is 0 Å². The summed E-state index contributed by atoms with van der Waals surface area (Å²) < 4.78 is 2.16. The Labute approximate surface area is 84.5 Å². The fourth-order valence-corrected chi connectivity index (χ4v) is 1.84. The number of aromatic nitrogens is 1. The van der Waals surface area contributed by atoms with Crippen LogP contribution >= 0.6 is 0 Å². The molecule has 74 valence electrons. The van der Waals surface area contributed by atoms with Crippen molar-refractivity contribution in [3.05, 3.63) is 36.0 Å². The summed E-state index contributed by atoms with van der Waals surface area (Å²) in [6.45, 7) is 1.04. The Morgan fingerprint density at radius 2 is 2.14 bits per heavy atom. The van der Waals surface area contributed by atoms with E-state index in [9.17, 15) is 0 Å². The van der Waals surface area contributed by atoms with E-state index in [0.29, 0.717) is 0 Å². The van der Waals surface area contributed by atoms with Crippen LogP contribution in [-0.2, 0) is 13.5 Å². The molecule has 2 rings (SSSR count). The zero-order chi connectivity index (χ0) is 9.97. The lowest BCUT2D eigenvalue weighted by atomic mass is 10.1. The number of rotatable bonds is 3. The van der Waals surface area contributed by atoms with Crippen LogP contribution in [-0.4, -0.2) is 18.2 Å². The Kier molecular flexibility index (Phi) is 2.55. The van der Waals surface area contributed by atoms with Gasteiger partial charge in [0.25, 0.3) is 0 Å². The smallest absolute Gasteiger partial charge is 0.0480 e. The largest absolute Gasteiger partial charge is 0.351 e. The monoisotopic (exact) mass is 188 g/mol. The van der Waals surface area contributed by atoms with Crippen LogP contribution in [0.15, 0.2) is 30.5 Å². The third-order valence-corrected chi connectivity index (χ3v) is 2.66. The molecular formula is C12H16N2. The van der Waals surface area contributed by atoms with Crippen LogP contribution in [0.3, 0.4) is 0 Å². The van der Waals surface area contributed by atoms with Gasteiger partial charge in [-0.1, -0.05) is 12.1 Å². The summed E-state index contributed by atoms with van der Waals surface area (Å²) in [5.41, 5.74) is 2.75. The van der Waals surface area contributed by atoms with Gasteiger partial charge in [0.05, 0.1) is 0 Å². The van der Waals surface area contributed by atoms with Gasteiger partial charge in [-0.15, -0.1) is 0 Å². The molecule has 0 atom stereocenters. The Bertz CT molecular complexity index is 429. The van der Waals surface area contributed by atoms with E-state index in [4.69, 9.17) is 0 Å². The van der Waals surface area contributed by atoms with E-state index in [-0.39, 0.29) is 0 Å². The summed E-state index contributed by atoms with van der Waals surface area (Å²) >= 11 is 0. The molecule has 0 aliphatic carbocycles. The molecule has 0 unspecified atom stereocenters. The first-order valence-electron chi connectivity index (χ1n) is 5.00. The van der Waals surface area contributed by atoms with Gasteiger partial charge in [-0.05, 0) is 37.7 Å². The second kappa shape index (κ2) is 3.84. The van der Waals surface area contributed by atoms with Gasteiger partial charge in [0, 0.05) is 24.1 Å². The van der Waals surface area contributed by atoms with E-state index in [1.54, 1.807) is 0 Å². The number of likely N-dealkylation sites (N-methyl/N-ethyl adjacent to an activating group) is 1. The van der Waals surface area contributed by atoms with Gasteiger partial charge in [0.15, 0.2) is 0 Å². The topological polar surface area (TPSA) is 17.0 Å². The molecule has 1 aromatic carbocycles. The van der Waals surface area contributed by atoms with Gasteiger partial charge in [-0.2, -0.15) is 0 Å². The molecule has 0 fully saturated rings. The molecule has 0 saturated heterocycles. The maximum Gasteiger partial charge on any atom is 0.0480 e. The highest BCUT2D eigenvalue weighted by Crippen LogP contribution is 2.19. The fourth-order valence-electron chi connectivity index (χ4n) is 1.84. The second-order valence-corrected chi connectivity index (χ2v) is 3.63. The minimum absolute atomic E-state index is 1.04. The first-order chi connectivity index (χ1) is 6.83. The van der Waals surface area contributed by atoms with Crippen molar-refractivity contribution in [3.8, 4) is 0 Å². The molecule has 0 aliphatic rings. The number of nitrogens with zero attached hydrogens (tertiary/aromatic N) is 1. The van der Waals surface area contributed by atoms with E-state index >= 15 is 0 Å². The third kappa shape index (κ3) is 1.53. The maximum absolute atomic E-state index is 3.18. The number of fused-ring (bicyclic) bond motifs is 1. The summed E-state index contributed by atoms with van der Waals surface area (Å²) in [7, 11) is 4.08. The normalized spacial score (nSPS) is 11.0. The van der Waals surface area contributed by atoms with Gasteiger partial charge >= 0.3 is 0 Å². The minimum Gasteiger partial charge on any atom is -0.351 e.